The Bertz CT molecular complexity index is 797. The summed E-state index contributed by atoms with van der Waals surface area (Å²) in [6.45, 7) is 4.41. The topological polar surface area (TPSA) is 58.4 Å². The molecule has 2 aromatic rings. The van der Waals surface area contributed by atoms with Crippen LogP contribution in [0, 0.1) is 5.92 Å². The molecular weight excluding hydrogens is 361 g/mol. The zero-order valence-corrected chi connectivity index (χ0v) is 15.3. The number of oxazole rings is 1. The third-order valence-electron chi connectivity index (χ3n) is 5.37. The molecule has 3 aliphatic heterocycles. The van der Waals surface area contributed by atoms with Gasteiger partial charge < -0.3 is 9.73 Å². The molecule has 5 nitrogen and oxygen atoms in total. The van der Waals surface area contributed by atoms with Crippen LogP contribution in [0.2, 0.25) is 10.0 Å². The van der Waals surface area contributed by atoms with Crippen molar-refractivity contribution in [2.45, 2.75) is 31.8 Å². The number of hydrogen-bond acceptors (Lipinski definition) is 4. The number of rotatable bonds is 3. The molecule has 3 saturated heterocycles. The van der Waals surface area contributed by atoms with Crippen LogP contribution in [0.4, 0.5) is 0 Å². The van der Waals surface area contributed by atoms with Crippen LogP contribution in [-0.4, -0.2) is 41.0 Å². The van der Waals surface area contributed by atoms with Crippen molar-refractivity contribution in [1.29, 1.82) is 0 Å². The molecule has 2 bridgehead atoms. The molecule has 1 amide bonds. The van der Waals surface area contributed by atoms with Gasteiger partial charge in [0.05, 0.1) is 11.2 Å². The summed E-state index contributed by atoms with van der Waals surface area (Å²) in [4.78, 5) is 19.1. The highest BCUT2D eigenvalue weighted by molar-refractivity contribution is 6.36. The van der Waals surface area contributed by atoms with Crippen LogP contribution < -0.4 is 5.32 Å². The largest absolute Gasteiger partial charge is 0.432 e. The van der Waals surface area contributed by atoms with Gasteiger partial charge >= 0.3 is 5.91 Å². The smallest absolute Gasteiger partial charge is 0.307 e. The standard InChI is InChI=1S/C18H19Cl2N3O2/c1-10-16(11-4-6-23(10)7-5-11)22-17(24)18-21-9-15(25-18)13-3-2-12(19)8-14(13)20/h2-3,8-11,16H,4-7H2,1H3,(H,22,24). The number of fused-ring (bicyclic) bond motifs is 3. The number of halogens is 2. The van der Waals surface area contributed by atoms with E-state index in [1.165, 1.54) is 6.20 Å². The Kier molecular flexibility index (Phi) is 4.48. The van der Waals surface area contributed by atoms with Crippen LogP contribution in [-0.2, 0) is 0 Å². The second kappa shape index (κ2) is 6.63. The van der Waals surface area contributed by atoms with Crippen molar-refractivity contribution >= 4 is 29.1 Å². The van der Waals surface area contributed by atoms with E-state index < -0.39 is 0 Å². The summed E-state index contributed by atoms with van der Waals surface area (Å²) in [6.07, 6.45) is 3.78. The van der Waals surface area contributed by atoms with Crippen molar-refractivity contribution in [3.63, 3.8) is 0 Å². The van der Waals surface area contributed by atoms with Crippen molar-refractivity contribution < 1.29 is 9.21 Å². The van der Waals surface area contributed by atoms with Gasteiger partial charge in [-0.25, -0.2) is 4.98 Å². The Morgan fingerprint density at radius 2 is 2.08 bits per heavy atom. The molecule has 0 radical (unpaired) electrons. The second-order valence-corrected chi connectivity index (χ2v) is 7.61. The molecule has 132 valence electrons. The summed E-state index contributed by atoms with van der Waals surface area (Å²) >= 11 is 12.1. The minimum atomic E-state index is -0.276. The Hall–Kier alpha value is -1.56. The number of benzene rings is 1. The lowest BCUT2D eigenvalue weighted by molar-refractivity contribution is 0.0210. The predicted molar refractivity (Wildman–Crippen MR) is 97.0 cm³/mol. The second-order valence-electron chi connectivity index (χ2n) is 6.77. The summed E-state index contributed by atoms with van der Waals surface area (Å²) in [6, 6.07) is 5.60. The molecule has 2 unspecified atom stereocenters. The van der Waals surface area contributed by atoms with Crippen LogP contribution in [0.1, 0.15) is 30.5 Å². The zero-order chi connectivity index (χ0) is 17.6. The van der Waals surface area contributed by atoms with Gasteiger partial charge in [0.25, 0.3) is 5.89 Å². The molecule has 3 fully saturated rings. The van der Waals surface area contributed by atoms with Crippen LogP contribution in [0.5, 0.6) is 0 Å². The van der Waals surface area contributed by atoms with Gasteiger partial charge in [-0.3, -0.25) is 9.69 Å². The molecule has 0 aliphatic carbocycles. The Balaban J connectivity index is 1.51. The van der Waals surface area contributed by atoms with Gasteiger partial charge in [0.1, 0.15) is 0 Å². The quantitative estimate of drug-likeness (QED) is 0.879. The number of hydrogen-bond donors (Lipinski definition) is 1. The number of carbonyl (C=O) groups excluding carboxylic acids is 1. The van der Waals surface area contributed by atoms with Gasteiger partial charge in [-0.15, -0.1) is 0 Å². The molecule has 1 N–H and O–H groups in total. The van der Waals surface area contributed by atoms with E-state index in [-0.39, 0.29) is 17.8 Å². The first-order valence-electron chi connectivity index (χ1n) is 8.49. The third-order valence-corrected chi connectivity index (χ3v) is 5.92. The molecule has 7 heteroatoms. The van der Waals surface area contributed by atoms with Crippen molar-refractivity contribution in [1.82, 2.24) is 15.2 Å². The normalized spacial score (nSPS) is 28.1. The van der Waals surface area contributed by atoms with Crippen molar-refractivity contribution in [2.75, 3.05) is 13.1 Å². The highest BCUT2D eigenvalue weighted by atomic mass is 35.5. The first-order valence-corrected chi connectivity index (χ1v) is 9.24. The van der Waals surface area contributed by atoms with E-state index >= 15 is 0 Å². The number of piperidine rings is 3. The predicted octanol–water partition coefficient (Wildman–Crippen LogP) is 3.86. The van der Waals surface area contributed by atoms with Gasteiger partial charge in [-0.05, 0) is 57.0 Å². The van der Waals surface area contributed by atoms with E-state index in [4.69, 9.17) is 27.6 Å². The van der Waals surface area contributed by atoms with Gasteiger partial charge in [0, 0.05) is 22.7 Å². The molecule has 25 heavy (non-hydrogen) atoms. The average molecular weight is 380 g/mol. The van der Waals surface area contributed by atoms with Crippen LogP contribution in [0.3, 0.4) is 0 Å². The lowest BCUT2D eigenvalue weighted by Crippen LogP contribution is -2.62. The molecule has 3 aliphatic rings. The summed E-state index contributed by atoms with van der Waals surface area (Å²) in [7, 11) is 0. The number of amides is 1. The third kappa shape index (κ3) is 3.16. The molecule has 1 aromatic heterocycles. The number of nitrogens with zero attached hydrogens (tertiary/aromatic N) is 2. The highest BCUT2D eigenvalue weighted by Gasteiger charge is 2.40. The Morgan fingerprint density at radius 1 is 1.32 bits per heavy atom. The summed E-state index contributed by atoms with van der Waals surface area (Å²) < 4.78 is 5.64. The molecule has 0 saturated carbocycles. The molecule has 4 heterocycles. The van der Waals surface area contributed by atoms with E-state index in [1.54, 1.807) is 18.2 Å². The Morgan fingerprint density at radius 3 is 2.76 bits per heavy atom. The molecule has 1 aromatic carbocycles. The minimum absolute atomic E-state index is 0.0599. The lowest BCUT2D eigenvalue weighted by atomic mass is 9.79. The highest BCUT2D eigenvalue weighted by Crippen LogP contribution is 2.33. The van der Waals surface area contributed by atoms with E-state index in [0.717, 1.165) is 25.9 Å². The summed E-state index contributed by atoms with van der Waals surface area (Å²) in [5.41, 5.74) is 0.661. The molecule has 2 atom stereocenters. The fraction of sp³-hybridized carbons (Fsp3) is 0.444. The monoisotopic (exact) mass is 379 g/mol. The van der Waals surface area contributed by atoms with Crippen LogP contribution in [0.15, 0.2) is 28.8 Å². The van der Waals surface area contributed by atoms with E-state index in [9.17, 15) is 4.79 Å². The molecule has 5 rings (SSSR count). The van der Waals surface area contributed by atoms with Gasteiger partial charge in [0.15, 0.2) is 5.76 Å². The first-order chi connectivity index (χ1) is 12.0. The van der Waals surface area contributed by atoms with Gasteiger partial charge in [-0.1, -0.05) is 23.2 Å². The number of aromatic nitrogens is 1. The number of nitrogens with one attached hydrogen (secondary N) is 1. The van der Waals surface area contributed by atoms with Crippen molar-refractivity contribution in [2.24, 2.45) is 5.92 Å². The van der Waals surface area contributed by atoms with Gasteiger partial charge in [0.2, 0.25) is 0 Å². The Labute approximate surface area is 156 Å². The molecule has 0 spiro atoms. The maximum Gasteiger partial charge on any atom is 0.307 e. The van der Waals surface area contributed by atoms with E-state index in [1.807, 2.05) is 0 Å². The maximum atomic E-state index is 12.6. The van der Waals surface area contributed by atoms with Crippen LogP contribution >= 0.6 is 23.2 Å². The van der Waals surface area contributed by atoms with Crippen LogP contribution in [0.25, 0.3) is 11.3 Å². The zero-order valence-electron chi connectivity index (χ0n) is 13.8. The van der Waals surface area contributed by atoms with Gasteiger partial charge in [-0.2, -0.15) is 0 Å². The average Bonchev–Trinajstić information content (AvgIpc) is 3.08. The summed E-state index contributed by atoms with van der Waals surface area (Å²) in [5, 5.41) is 4.12. The minimum Gasteiger partial charge on any atom is -0.432 e. The lowest BCUT2D eigenvalue weighted by Gasteiger charge is -2.49. The fourth-order valence-corrected chi connectivity index (χ4v) is 4.45. The fourth-order valence-electron chi connectivity index (χ4n) is 3.95. The maximum absolute atomic E-state index is 12.6. The van der Waals surface area contributed by atoms with E-state index in [2.05, 4.69) is 22.1 Å². The van der Waals surface area contributed by atoms with E-state index in [0.29, 0.717) is 33.3 Å². The first kappa shape index (κ1) is 16.9. The van der Waals surface area contributed by atoms with Crippen molar-refractivity contribution in [3.05, 3.63) is 40.3 Å². The van der Waals surface area contributed by atoms with Crippen molar-refractivity contribution in [3.8, 4) is 11.3 Å². The SMILES string of the molecule is CC1C(NC(=O)c2ncc(-c3ccc(Cl)cc3Cl)o2)C2CCN1CC2. The molecular formula is C18H19Cl2N3O2. The summed E-state index contributed by atoms with van der Waals surface area (Å²) in [5.74, 6) is 0.768. The number of carbonyl (C=O) groups is 1.